The molecule has 0 fully saturated rings. The lowest BCUT2D eigenvalue weighted by Gasteiger charge is -2.20. The van der Waals surface area contributed by atoms with Gasteiger partial charge in [-0.1, -0.05) is 79.7 Å². The number of benzene rings is 3. The van der Waals surface area contributed by atoms with E-state index in [0.29, 0.717) is 6.42 Å². The Kier molecular flexibility index (Phi) is 5.63. The molecule has 0 saturated heterocycles. The van der Waals surface area contributed by atoms with Crippen molar-refractivity contribution in [2.24, 2.45) is 0 Å². The summed E-state index contributed by atoms with van der Waals surface area (Å²) in [4.78, 5) is 12.7. The molecule has 0 heterocycles. The van der Waals surface area contributed by atoms with E-state index >= 15 is 0 Å². The second-order valence-corrected chi connectivity index (χ2v) is 6.15. The summed E-state index contributed by atoms with van der Waals surface area (Å²) in [5.74, 6) is 0.145. The minimum Gasteiger partial charge on any atom is -0.378 e. The molecule has 1 unspecified atom stereocenters. The van der Waals surface area contributed by atoms with Crippen molar-refractivity contribution >= 4 is 11.5 Å². The van der Waals surface area contributed by atoms with E-state index in [1.165, 1.54) is 5.56 Å². The monoisotopic (exact) mass is 329 g/mol. The van der Waals surface area contributed by atoms with E-state index in [-0.39, 0.29) is 11.8 Å². The summed E-state index contributed by atoms with van der Waals surface area (Å²) in [6.07, 6.45) is 1.44. The fraction of sp³-hybridized carbons (Fsp3) is 0.174. The zero-order valence-electron chi connectivity index (χ0n) is 14.5. The van der Waals surface area contributed by atoms with Crippen molar-refractivity contribution in [3.8, 4) is 0 Å². The second kappa shape index (κ2) is 8.29. The molecular formula is C23H23NO. The molecule has 1 atom stereocenters. The van der Waals surface area contributed by atoms with Crippen molar-refractivity contribution in [1.29, 1.82) is 0 Å². The highest BCUT2D eigenvalue weighted by molar-refractivity contribution is 5.96. The van der Waals surface area contributed by atoms with Crippen LogP contribution in [0.3, 0.4) is 0 Å². The molecule has 3 rings (SSSR count). The van der Waals surface area contributed by atoms with Gasteiger partial charge in [-0.2, -0.15) is 0 Å². The molecule has 0 spiro atoms. The summed E-state index contributed by atoms with van der Waals surface area (Å²) in [5, 5.41) is 3.53. The summed E-state index contributed by atoms with van der Waals surface area (Å²) in [5.41, 5.74) is 4.21. The highest BCUT2D eigenvalue weighted by Gasteiger charge is 2.17. The highest BCUT2D eigenvalue weighted by atomic mass is 16.1. The summed E-state index contributed by atoms with van der Waals surface area (Å²) in [6, 6.07) is 28.0. The standard InChI is InChI=1S/C23H23NO/c1-2-18-13-15-21(16-14-18)24-22(19-9-5-3-6-10-19)17-23(25)20-11-7-4-8-12-20/h3-16,22,24H,2,17H2,1H3. The smallest absolute Gasteiger partial charge is 0.165 e. The average molecular weight is 329 g/mol. The van der Waals surface area contributed by atoms with Gasteiger partial charge in [-0.05, 0) is 29.7 Å². The number of carbonyl (C=O) groups is 1. The Hall–Kier alpha value is -2.87. The van der Waals surface area contributed by atoms with Crippen LogP contribution in [0, 0.1) is 0 Å². The largest absolute Gasteiger partial charge is 0.378 e. The third kappa shape index (κ3) is 4.57. The number of anilines is 1. The fourth-order valence-corrected chi connectivity index (χ4v) is 2.90. The van der Waals surface area contributed by atoms with Crippen LogP contribution in [-0.4, -0.2) is 5.78 Å². The Morgan fingerprint density at radius 2 is 1.44 bits per heavy atom. The van der Waals surface area contributed by atoms with Crippen LogP contribution >= 0.6 is 0 Å². The first-order valence-electron chi connectivity index (χ1n) is 8.75. The van der Waals surface area contributed by atoms with E-state index in [4.69, 9.17) is 0 Å². The summed E-state index contributed by atoms with van der Waals surface area (Å²) < 4.78 is 0. The van der Waals surface area contributed by atoms with Crippen LogP contribution in [0.1, 0.15) is 40.9 Å². The first-order valence-corrected chi connectivity index (χ1v) is 8.75. The van der Waals surface area contributed by atoms with Crippen molar-refractivity contribution < 1.29 is 4.79 Å². The maximum Gasteiger partial charge on any atom is 0.165 e. The molecule has 25 heavy (non-hydrogen) atoms. The minimum atomic E-state index is -0.0543. The molecule has 1 N–H and O–H groups in total. The van der Waals surface area contributed by atoms with Crippen molar-refractivity contribution in [2.45, 2.75) is 25.8 Å². The van der Waals surface area contributed by atoms with E-state index in [9.17, 15) is 4.79 Å². The SMILES string of the molecule is CCc1ccc(NC(CC(=O)c2ccccc2)c2ccccc2)cc1. The lowest BCUT2D eigenvalue weighted by atomic mass is 9.97. The number of hydrogen-bond acceptors (Lipinski definition) is 2. The van der Waals surface area contributed by atoms with Gasteiger partial charge in [-0.15, -0.1) is 0 Å². The third-order valence-electron chi connectivity index (χ3n) is 4.39. The Balaban J connectivity index is 1.81. The first kappa shape index (κ1) is 17.0. The Morgan fingerprint density at radius 1 is 0.840 bits per heavy atom. The maximum atomic E-state index is 12.7. The van der Waals surface area contributed by atoms with E-state index in [2.05, 4.69) is 48.6 Å². The van der Waals surface area contributed by atoms with E-state index in [0.717, 1.165) is 23.2 Å². The summed E-state index contributed by atoms with van der Waals surface area (Å²) in [7, 11) is 0. The van der Waals surface area contributed by atoms with Crippen molar-refractivity contribution in [1.82, 2.24) is 0 Å². The van der Waals surface area contributed by atoms with Crippen molar-refractivity contribution in [3.63, 3.8) is 0 Å². The zero-order chi connectivity index (χ0) is 17.5. The normalized spacial score (nSPS) is 11.7. The van der Waals surface area contributed by atoms with Gasteiger partial charge in [-0.25, -0.2) is 0 Å². The van der Waals surface area contributed by atoms with Gasteiger partial charge in [0.25, 0.3) is 0 Å². The fourth-order valence-electron chi connectivity index (χ4n) is 2.90. The summed E-state index contributed by atoms with van der Waals surface area (Å²) in [6.45, 7) is 2.15. The van der Waals surface area contributed by atoms with Gasteiger partial charge < -0.3 is 5.32 Å². The molecule has 0 aliphatic carbocycles. The number of ketones is 1. The minimum absolute atomic E-state index is 0.0543. The number of hydrogen-bond donors (Lipinski definition) is 1. The predicted octanol–water partition coefficient (Wildman–Crippen LogP) is 5.68. The molecule has 0 aliphatic rings. The first-order chi connectivity index (χ1) is 12.3. The molecule has 2 nitrogen and oxygen atoms in total. The maximum absolute atomic E-state index is 12.7. The second-order valence-electron chi connectivity index (χ2n) is 6.15. The van der Waals surface area contributed by atoms with E-state index in [1.54, 1.807) is 0 Å². The zero-order valence-corrected chi connectivity index (χ0v) is 14.5. The van der Waals surface area contributed by atoms with Crippen LogP contribution < -0.4 is 5.32 Å². The van der Waals surface area contributed by atoms with Crippen LogP contribution in [0.15, 0.2) is 84.9 Å². The van der Waals surface area contributed by atoms with Crippen LogP contribution in [0.25, 0.3) is 0 Å². The molecule has 126 valence electrons. The van der Waals surface area contributed by atoms with Gasteiger partial charge in [0.15, 0.2) is 5.78 Å². The van der Waals surface area contributed by atoms with Crippen LogP contribution in [0.4, 0.5) is 5.69 Å². The van der Waals surface area contributed by atoms with E-state index in [1.807, 2.05) is 48.5 Å². The van der Waals surface area contributed by atoms with E-state index < -0.39 is 0 Å². The number of rotatable bonds is 7. The van der Waals surface area contributed by atoms with Crippen molar-refractivity contribution in [2.75, 3.05) is 5.32 Å². The molecular weight excluding hydrogens is 306 g/mol. The molecule has 0 bridgehead atoms. The average Bonchev–Trinajstić information content (AvgIpc) is 2.69. The number of Topliss-reactive ketones (excluding diaryl/α,β-unsaturated/α-hetero) is 1. The van der Waals surface area contributed by atoms with Crippen LogP contribution in [0.2, 0.25) is 0 Å². The Morgan fingerprint density at radius 3 is 2.04 bits per heavy atom. The molecule has 0 saturated carbocycles. The molecule has 0 radical (unpaired) electrons. The van der Waals surface area contributed by atoms with Gasteiger partial charge in [0, 0.05) is 17.7 Å². The van der Waals surface area contributed by atoms with Gasteiger partial charge in [0.1, 0.15) is 0 Å². The topological polar surface area (TPSA) is 29.1 Å². The number of carbonyl (C=O) groups excluding carboxylic acids is 1. The summed E-state index contributed by atoms with van der Waals surface area (Å²) >= 11 is 0. The molecule has 3 aromatic rings. The molecule has 0 aromatic heterocycles. The lowest BCUT2D eigenvalue weighted by molar-refractivity contribution is 0.0976. The van der Waals surface area contributed by atoms with Gasteiger partial charge in [0.2, 0.25) is 0 Å². The Bertz CT molecular complexity index is 795. The number of nitrogens with one attached hydrogen (secondary N) is 1. The van der Waals surface area contributed by atoms with Crippen LogP contribution in [0.5, 0.6) is 0 Å². The van der Waals surface area contributed by atoms with Gasteiger partial charge in [-0.3, -0.25) is 4.79 Å². The van der Waals surface area contributed by atoms with Gasteiger partial charge >= 0.3 is 0 Å². The lowest BCUT2D eigenvalue weighted by Crippen LogP contribution is -2.15. The molecule has 2 heteroatoms. The third-order valence-corrected chi connectivity index (χ3v) is 4.39. The molecule has 0 aliphatic heterocycles. The van der Waals surface area contributed by atoms with Crippen molar-refractivity contribution in [3.05, 3.63) is 102 Å². The number of aryl methyl sites for hydroxylation is 1. The molecule has 3 aromatic carbocycles. The molecule has 0 amide bonds. The Labute approximate surface area is 149 Å². The quantitative estimate of drug-likeness (QED) is 0.565. The van der Waals surface area contributed by atoms with Crippen LogP contribution in [-0.2, 0) is 6.42 Å². The predicted molar refractivity (Wildman–Crippen MR) is 104 cm³/mol. The highest BCUT2D eigenvalue weighted by Crippen LogP contribution is 2.25. The van der Waals surface area contributed by atoms with Gasteiger partial charge in [0.05, 0.1) is 6.04 Å².